The first-order valence-corrected chi connectivity index (χ1v) is 10.4. The third kappa shape index (κ3) is 4.15. The third-order valence-corrected chi connectivity index (χ3v) is 5.62. The van der Waals surface area contributed by atoms with Crippen LogP contribution in [0.5, 0.6) is 5.75 Å². The first kappa shape index (κ1) is 20.0. The van der Waals surface area contributed by atoms with Crippen LogP contribution in [0.15, 0.2) is 71.2 Å². The van der Waals surface area contributed by atoms with Gasteiger partial charge in [-0.2, -0.15) is 0 Å². The van der Waals surface area contributed by atoms with Crippen molar-refractivity contribution < 1.29 is 9.53 Å². The van der Waals surface area contributed by atoms with Crippen LogP contribution in [0.25, 0.3) is 16.5 Å². The SMILES string of the molecule is COc1cccc(-n2cc(C(=O)NCCC3=CCCCC3)c3ccccc3c2=O)c1. The summed E-state index contributed by atoms with van der Waals surface area (Å²) in [7, 11) is 1.59. The van der Waals surface area contributed by atoms with Crippen molar-refractivity contribution in [1.82, 2.24) is 9.88 Å². The molecule has 0 aliphatic heterocycles. The van der Waals surface area contributed by atoms with Crippen molar-refractivity contribution >= 4 is 16.7 Å². The molecule has 1 aromatic heterocycles. The van der Waals surface area contributed by atoms with Crippen LogP contribution >= 0.6 is 0 Å². The number of aromatic nitrogens is 1. The summed E-state index contributed by atoms with van der Waals surface area (Å²) in [6, 6.07) is 14.5. The van der Waals surface area contributed by atoms with Crippen molar-refractivity contribution in [2.45, 2.75) is 32.1 Å². The molecule has 0 atom stereocenters. The van der Waals surface area contributed by atoms with Gasteiger partial charge in [0.1, 0.15) is 5.75 Å². The lowest BCUT2D eigenvalue weighted by atomic mass is 9.97. The van der Waals surface area contributed by atoms with Crippen LogP contribution in [-0.2, 0) is 0 Å². The smallest absolute Gasteiger partial charge is 0.262 e. The lowest BCUT2D eigenvalue weighted by Gasteiger charge is -2.15. The second kappa shape index (κ2) is 8.99. The Kier molecular flexibility index (Phi) is 5.98. The maximum atomic E-state index is 13.1. The molecular weight excluding hydrogens is 376 g/mol. The predicted molar refractivity (Wildman–Crippen MR) is 120 cm³/mol. The van der Waals surface area contributed by atoms with Crippen molar-refractivity contribution in [2.75, 3.05) is 13.7 Å². The number of benzene rings is 2. The molecule has 0 unspecified atom stereocenters. The average Bonchev–Trinajstić information content (AvgIpc) is 2.80. The van der Waals surface area contributed by atoms with Gasteiger partial charge < -0.3 is 10.1 Å². The van der Waals surface area contributed by atoms with Gasteiger partial charge in [-0.1, -0.05) is 35.9 Å². The van der Waals surface area contributed by atoms with Gasteiger partial charge in [-0.05, 0) is 50.3 Å². The first-order valence-electron chi connectivity index (χ1n) is 10.4. The number of hydrogen-bond acceptors (Lipinski definition) is 3. The quantitative estimate of drug-likeness (QED) is 0.612. The highest BCUT2D eigenvalue weighted by molar-refractivity contribution is 6.06. The minimum Gasteiger partial charge on any atom is -0.497 e. The third-order valence-electron chi connectivity index (χ3n) is 5.62. The maximum absolute atomic E-state index is 13.1. The standard InChI is InChI=1S/C25H26N2O3/c1-30-20-11-7-10-19(16-20)27-17-23(21-12-5-6-13-22(21)25(27)29)24(28)26-15-14-18-8-3-2-4-9-18/h5-8,10-13,16-17H,2-4,9,14-15H2,1H3,(H,26,28). The number of rotatable bonds is 6. The van der Waals surface area contributed by atoms with E-state index in [9.17, 15) is 9.59 Å². The zero-order chi connectivity index (χ0) is 20.9. The van der Waals surface area contributed by atoms with E-state index in [1.807, 2.05) is 36.4 Å². The minimum atomic E-state index is -0.167. The van der Waals surface area contributed by atoms with Gasteiger partial charge in [0, 0.05) is 29.6 Å². The van der Waals surface area contributed by atoms with E-state index in [0.29, 0.717) is 34.3 Å². The molecule has 0 saturated heterocycles. The van der Waals surface area contributed by atoms with Crippen LogP contribution in [0, 0.1) is 0 Å². The van der Waals surface area contributed by atoms with Crippen LogP contribution in [0.4, 0.5) is 0 Å². The molecule has 1 N–H and O–H groups in total. The second-order valence-electron chi connectivity index (χ2n) is 7.58. The summed E-state index contributed by atoms with van der Waals surface area (Å²) in [5.41, 5.74) is 2.41. The van der Waals surface area contributed by atoms with Crippen LogP contribution in [-0.4, -0.2) is 24.1 Å². The van der Waals surface area contributed by atoms with Crippen molar-refractivity contribution in [3.63, 3.8) is 0 Å². The van der Waals surface area contributed by atoms with Gasteiger partial charge in [0.05, 0.1) is 18.4 Å². The minimum absolute atomic E-state index is 0.164. The highest BCUT2D eigenvalue weighted by Gasteiger charge is 2.16. The van der Waals surface area contributed by atoms with Crippen molar-refractivity contribution in [3.05, 3.63) is 82.3 Å². The van der Waals surface area contributed by atoms with E-state index in [0.717, 1.165) is 19.3 Å². The van der Waals surface area contributed by atoms with Gasteiger partial charge in [-0.15, -0.1) is 0 Å². The Balaban J connectivity index is 1.68. The summed E-state index contributed by atoms with van der Waals surface area (Å²) < 4.78 is 6.81. The number of nitrogens with one attached hydrogen (secondary N) is 1. The largest absolute Gasteiger partial charge is 0.497 e. The normalized spacial score (nSPS) is 13.7. The van der Waals surface area contributed by atoms with E-state index in [1.54, 1.807) is 25.4 Å². The van der Waals surface area contributed by atoms with Gasteiger partial charge in [-0.25, -0.2) is 0 Å². The molecule has 2 aromatic carbocycles. The molecule has 1 aliphatic rings. The summed E-state index contributed by atoms with van der Waals surface area (Å²) >= 11 is 0. The first-order chi connectivity index (χ1) is 14.7. The van der Waals surface area contributed by atoms with E-state index in [-0.39, 0.29) is 11.5 Å². The lowest BCUT2D eigenvalue weighted by Crippen LogP contribution is -2.28. The number of hydrogen-bond donors (Lipinski definition) is 1. The van der Waals surface area contributed by atoms with Crippen LogP contribution in [0.2, 0.25) is 0 Å². The molecule has 3 aromatic rings. The predicted octanol–water partition coefficient (Wildman–Crippen LogP) is 4.62. The van der Waals surface area contributed by atoms with E-state index >= 15 is 0 Å². The Morgan fingerprint density at radius 1 is 1.10 bits per heavy atom. The van der Waals surface area contributed by atoms with Crippen LogP contribution in [0.3, 0.4) is 0 Å². The molecule has 0 saturated carbocycles. The molecule has 1 heterocycles. The highest BCUT2D eigenvalue weighted by atomic mass is 16.5. The van der Waals surface area contributed by atoms with E-state index < -0.39 is 0 Å². The van der Waals surface area contributed by atoms with Gasteiger partial charge >= 0.3 is 0 Å². The number of ether oxygens (including phenoxy) is 1. The van der Waals surface area contributed by atoms with Crippen LogP contribution < -0.4 is 15.6 Å². The number of carbonyl (C=O) groups is 1. The Labute approximate surface area is 176 Å². The molecule has 4 rings (SSSR count). The summed E-state index contributed by atoms with van der Waals surface area (Å²) in [5, 5.41) is 4.22. The summed E-state index contributed by atoms with van der Waals surface area (Å²) in [5.74, 6) is 0.485. The molecule has 0 fully saturated rings. The molecule has 5 nitrogen and oxygen atoms in total. The van der Waals surface area contributed by atoms with E-state index in [2.05, 4.69) is 11.4 Å². The van der Waals surface area contributed by atoms with E-state index in [1.165, 1.54) is 23.0 Å². The van der Waals surface area contributed by atoms with Gasteiger partial charge in [-0.3, -0.25) is 14.2 Å². The number of fused-ring (bicyclic) bond motifs is 1. The maximum Gasteiger partial charge on any atom is 0.262 e. The fourth-order valence-electron chi connectivity index (χ4n) is 3.99. The second-order valence-corrected chi connectivity index (χ2v) is 7.58. The lowest BCUT2D eigenvalue weighted by molar-refractivity contribution is 0.0955. The Bertz CT molecular complexity index is 1160. The van der Waals surface area contributed by atoms with Crippen LogP contribution in [0.1, 0.15) is 42.5 Å². The summed E-state index contributed by atoms with van der Waals surface area (Å²) in [6.07, 6.45) is 9.56. The summed E-state index contributed by atoms with van der Waals surface area (Å²) in [6.45, 7) is 0.595. The molecule has 5 heteroatoms. The average molecular weight is 402 g/mol. The molecule has 0 radical (unpaired) electrons. The zero-order valence-corrected chi connectivity index (χ0v) is 17.2. The molecule has 0 spiro atoms. The molecule has 1 amide bonds. The molecule has 0 bridgehead atoms. The van der Waals surface area contributed by atoms with Crippen molar-refractivity contribution in [1.29, 1.82) is 0 Å². The van der Waals surface area contributed by atoms with Gasteiger partial charge in [0.15, 0.2) is 0 Å². The summed E-state index contributed by atoms with van der Waals surface area (Å²) in [4.78, 5) is 26.2. The number of methoxy groups -OCH3 is 1. The zero-order valence-electron chi connectivity index (χ0n) is 17.2. The molecule has 154 valence electrons. The Hall–Kier alpha value is -3.34. The number of nitrogens with zero attached hydrogens (tertiary/aromatic N) is 1. The molecular formula is C25H26N2O3. The fourth-order valence-corrected chi connectivity index (χ4v) is 3.99. The van der Waals surface area contributed by atoms with Crippen molar-refractivity contribution in [2.24, 2.45) is 0 Å². The Morgan fingerprint density at radius 2 is 1.93 bits per heavy atom. The molecule has 30 heavy (non-hydrogen) atoms. The molecule has 1 aliphatic carbocycles. The van der Waals surface area contributed by atoms with E-state index in [4.69, 9.17) is 4.74 Å². The highest BCUT2D eigenvalue weighted by Crippen LogP contribution is 2.21. The Morgan fingerprint density at radius 3 is 2.70 bits per heavy atom. The monoisotopic (exact) mass is 402 g/mol. The topological polar surface area (TPSA) is 60.3 Å². The number of allylic oxidation sites excluding steroid dienone is 1. The number of amides is 1. The number of carbonyl (C=O) groups excluding carboxylic acids is 1. The fraction of sp³-hybridized carbons (Fsp3) is 0.280. The number of pyridine rings is 1. The van der Waals surface area contributed by atoms with Crippen molar-refractivity contribution in [3.8, 4) is 11.4 Å². The van der Waals surface area contributed by atoms with Gasteiger partial charge in [0.2, 0.25) is 0 Å². The van der Waals surface area contributed by atoms with Gasteiger partial charge in [0.25, 0.3) is 11.5 Å².